The Morgan fingerprint density at radius 1 is 1.50 bits per heavy atom. The van der Waals surface area contributed by atoms with E-state index in [9.17, 15) is 4.79 Å². The van der Waals surface area contributed by atoms with Gasteiger partial charge in [0.25, 0.3) is 0 Å². The van der Waals surface area contributed by atoms with Crippen LogP contribution in [0.15, 0.2) is 40.1 Å². The minimum Gasteiger partial charge on any atom is -0.484 e. The van der Waals surface area contributed by atoms with Crippen LogP contribution in [0.4, 0.5) is 0 Å². The van der Waals surface area contributed by atoms with Gasteiger partial charge in [0.05, 0.1) is 0 Å². The lowest BCUT2D eigenvalue weighted by Gasteiger charge is -2.05. The lowest BCUT2D eigenvalue weighted by molar-refractivity contribution is 0.357. The molecular weight excluding hydrogens is 268 g/mol. The topological polar surface area (TPSA) is 26.3 Å². The van der Waals surface area contributed by atoms with Crippen molar-refractivity contribution in [2.24, 2.45) is 0 Å². The molecule has 1 rings (SSSR count). The SMILES string of the molecule is C=C(Br)COc1cc(C(C)C)cccc1=O. The van der Waals surface area contributed by atoms with Crippen molar-refractivity contribution in [2.45, 2.75) is 19.8 Å². The molecule has 0 aliphatic carbocycles. The summed E-state index contributed by atoms with van der Waals surface area (Å²) >= 11 is 3.19. The van der Waals surface area contributed by atoms with Crippen LogP contribution in [-0.2, 0) is 0 Å². The van der Waals surface area contributed by atoms with E-state index in [1.807, 2.05) is 6.07 Å². The van der Waals surface area contributed by atoms with E-state index >= 15 is 0 Å². The predicted octanol–water partition coefficient (Wildman–Crippen LogP) is 3.46. The van der Waals surface area contributed by atoms with Crippen molar-refractivity contribution < 1.29 is 4.74 Å². The summed E-state index contributed by atoms with van der Waals surface area (Å²) < 4.78 is 6.10. The quantitative estimate of drug-likeness (QED) is 0.846. The Labute approximate surface area is 104 Å². The van der Waals surface area contributed by atoms with Gasteiger partial charge >= 0.3 is 0 Å². The van der Waals surface area contributed by atoms with Gasteiger partial charge in [0.15, 0.2) is 5.75 Å². The summed E-state index contributed by atoms with van der Waals surface area (Å²) in [6.45, 7) is 8.12. The van der Waals surface area contributed by atoms with Crippen LogP contribution in [0.1, 0.15) is 25.3 Å². The molecule has 0 aliphatic heterocycles. The van der Waals surface area contributed by atoms with Gasteiger partial charge in [-0.2, -0.15) is 0 Å². The molecule has 16 heavy (non-hydrogen) atoms. The van der Waals surface area contributed by atoms with E-state index in [0.717, 1.165) is 5.56 Å². The lowest BCUT2D eigenvalue weighted by Crippen LogP contribution is -2.05. The van der Waals surface area contributed by atoms with Crippen molar-refractivity contribution in [1.29, 1.82) is 0 Å². The van der Waals surface area contributed by atoms with E-state index in [1.54, 1.807) is 12.1 Å². The van der Waals surface area contributed by atoms with Crippen LogP contribution in [0.25, 0.3) is 0 Å². The molecule has 0 aliphatic rings. The predicted molar refractivity (Wildman–Crippen MR) is 70.4 cm³/mol. The summed E-state index contributed by atoms with van der Waals surface area (Å²) in [5, 5.41) is 0. The molecule has 1 aromatic carbocycles. The van der Waals surface area contributed by atoms with Crippen LogP contribution >= 0.6 is 15.9 Å². The molecule has 0 atom stereocenters. The minimum atomic E-state index is -0.111. The number of rotatable bonds is 4. The van der Waals surface area contributed by atoms with Gasteiger partial charge < -0.3 is 4.74 Å². The van der Waals surface area contributed by atoms with E-state index in [1.165, 1.54) is 6.07 Å². The van der Waals surface area contributed by atoms with Crippen LogP contribution < -0.4 is 10.2 Å². The summed E-state index contributed by atoms with van der Waals surface area (Å²) in [6.07, 6.45) is 0. The fourth-order valence-electron chi connectivity index (χ4n) is 1.23. The molecule has 0 bridgehead atoms. The molecule has 0 N–H and O–H groups in total. The zero-order valence-corrected chi connectivity index (χ0v) is 11.1. The highest BCUT2D eigenvalue weighted by Gasteiger charge is 2.03. The second kappa shape index (κ2) is 5.85. The summed E-state index contributed by atoms with van der Waals surface area (Å²) in [5.41, 5.74) is 0.970. The fourth-order valence-corrected chi connectivity index (χ4v) is 1.34. The molecule has 0 amide bonds. The van der Waals surface area contributed by atoms with Gasteiger partial charge in [-0.15, -0.1) is 0 Å². The van der Waals surface area contributed by atoms with Crippen molar-refractivity contribution in [3.8, 4) is 5.75 Å². The maximum atomic E-state index is 11.6. The normalized spacial score (nSPS) is 10.2. The maximum absolute atomic E-state index is 11.6. The van der Waals surface area contributed by atoms with Crippen LogP contribution in [0, 0.1) is 0 Å². The van der Waals surface area contributed by atoms with Gasteiger partial charge in [0, 0.05) is 4.48 Å². The molecular formula is C13H15BrO2. The first-order valence-corrected chi connectivity index (χ1v) is 5.90. The van der Waals surface area contributed by atoms with Gasteiger partial charge in [-0.05, 0) is 23.6 Å². The van der Waals surface area contributed by atoms with E-state index in [0.29, 0.717) is 22.8 Å². The highest BCUT2D eigenvalue weighted by Crippen LogP contribution is 2.16. The number of ether oxygens (including phenoxy) is 1. The molecule has 86 valence electrons. The van der Waals surface area contributed by atoms with E-state index < -0.39 is 0 Å². The highest BCUT2D eigenvalue weighted by molar-refractivity contribution is 9.11. The van der Waals surface area contributed by atoms with Gasteiger partial charge in [-0.1, -0.05) is 48.5 Å². The molecule has 0 unspecified atom stereocenters. The highest BCUT2D eigenvalue weighted by atomic mass is 79.9. The van der Waals surface area contributed by atoms with Crippen molar-refractivity contribution in [3.05, 3.63) is 51.1 Å². The molecule has 0 saturated carbocycles. The third kappa shape index (κ3) is 3.81. The Kier molecular flexibility index (Phi) is 4.74. The Morgan fingerprint density at radius 3 is 2.75 bits per heavy atom. The standard InChI is InChI=1S/C13H15BrO2/c1-9(2)11-5-4-6-12(15)13(7-11)16-8-10(3)14/h4-7,9H,3,8H2,1-2H3. The number of hydrogen-bond acceptors (Lipinski definition) is 2. The Hall–Kier alpha value is -1.09. The molecule has 0 spiro atoms. The monoisotopic (exact) mass is 282 g/mol. The Morgan fingerprint density at radius 2 is 2.19 bits per heavy atom. The Bertz CT molecular complexity index is 438. The van der Waals surface area contributed by atoms with E-state index in [2.05, 4.69) is 36.4 Å². The van der Waals surface area contributed by atoms with Crippen molar-refractivity contribution in [2.75, 3.05) is 6.61 Å². The Balaban J connectivity index is 3.07. The van der Waals surface area contributed by atoms with Crippen LogP contribution in [-0.4, -0.2) is 6.61 Å². The molecule has 0 saturated heterocycles. The van der Waals surface area contributed by atoms with Crippen LogP contribution in [0.2, 0.25) is 0 Å². The molecule has 2 nitrogen and oxygen atoms in total. The molecule has 3 heteroatoms. The first kappa shape index (κ1) is 13.0. The first-order valence-electron chi connectivity index (χ1n) is 5.11. The third-order valence-electron chi connectivity index (χ3n) is 2.13. The zero-order chi connectivity index (χ0) is 12.1. The van der Waals surface area contributed by atoms with Crippen molar-refractivity contribution in [1.82, 2.24) is 0 Å². The van der Waals surface area contributed by atoms with E-state index in [4.69, 9.17) is 4.74 Å². The number of hydrogen-bond donors (Lipinski definition) is 0. The second-order valence-electron chi connectivity index (χ2n) is 3.86. The molecule has 0 aromatic heterocycles. The molecule has 0 heterocycles. The molecule has 0 fully saturated rings. The van der Waals surface area contributed by atoms with Gasteiger partial charge in [0.2, 0.25) is 5.43 Å². The van der Waals surface area contributed by atoms with E-state index in [-0.39, 0.29) is 5.43 Å². The average molecular weight is 283 g/mol. The summed E-state index contributed by atoms with van der Waals surface area (Å²) in [5.74, 6) is 0.732. The van der Waals surface area contributed by atoms with Gasteiger partial charge in [-0.25, -0.2) is 0 Å². The fraction of sp³-hybridized carbons (Fsp3) is 0.308. The molecule has 0 radical (unpaired) electrons. The summed E-state index contributed by atoms with van der Waals surface area (Å²) in [7, 11) is 0. The second-order valence-corrected chi connectivity index (χ2v) is 4.98. The first-order chi connectivity index (χ1) is 7.50. The third-order valence-corrected chi connectivity index (χ3v) is 2.36. The zero-order valence-electron chi connectivity index (χ0n) is 9.50. The molecule has 1 aromatic rings. The van der Waals surface area contributed by atoms with Gasteiger partial charge in [-0.3, -0.25) is 4.79 Å². The van der Waals surface area contributed by atoms with Crippen molar-refractivity contribution >= 4 is 15.9 Å². The average Bonchev–Trinajstić information content (AvgIpc) is 2.37. The van der Waals surface area contributed by atoms with Gasteiger partial charge in [0.1, 0.15) is 6.61 Å². The minimum absolute atomic E-state index is 0.111. The number of halogens is 1. The van der Waals surface area contributed by atoms with Crippen LogP contribution in [0.3, 0.4) is 0 Å². The largest absolute Gasteiger partial charge is 0.484 e. The maximum Gasteiger partial charge on any atom is 0.220 e. The smallest absolute Gasteiger partial charge is 0.220 e. The van der Waals surface area contributed by atoms with Crippen LogP contribution in [0.5, 0.6) is 5.75 Å². The lowest BCUT2D eigenvalue weighted by atomic mass is 10.1. The summed E-state index contributed by atoms with van der Waals surface area (Å²) in [6, 6.07) is 7.00. The van der Waals surface area contributed by atoms with Crippen molar-refractivity contribution in [3.63, 3.8) is 0 Å². The summed E-state index contributed by atoms with van der Waals surface area (Å²) in [4.78, 5) is 11.6.